The van der Waals surface area contributed by atoms with E-state index in [9.17, 15) is 4.79 Å². The molecule has 0 saturated heterocycles. The lowest BCUT2D eigenvalue weighted by Crippen LogP contribution is -2.26. The monoisotopic (exact) mass is 288 g/mol. The highest BCUT2D eigenvalue weighted by Crippen LogP contribution is 2.05. The van der Waals surface area contributed by atoms with Crippen molar-refractivity contribution in [3.8, 4) is 0 Å². The Labute approximate surface area is 124 Å². The number of hydrogen-bond acceptors (Lipinski definition) is 4. The highest BCUT2D eigenvalue weighted by Gasteiger charge is 2.08. The second-order valence-electron chi connectivity index (χ2n) is 4.71. The van der Waals surface area contributed by atoms with Crippen LogP contribution >= 0.6 is 0 Å². The van der Waals surface area contributed by atoms with Crippen molar-refractivity contribution in [2.45, 2.75) is 19.9 Å². The van der Waals surface area contributed by atoms with Crippen LogP contribution in [-0.2, 0) is 17.7 Å². The van der Waals surface area contributed by atoms with E-state index < -0.39 is 0 Å². The van der Waals surface area contributed by atoms with E-state index in [0.717, 1.165) is 18.1 Å². The molecule has 2 aromatic rings. The molecular formula is C15H20N4O2. The lowest BCUT2D eigenvalue weighted by atomic mass is 10.2. The fourth-order valence-electron chi connectivity index (χ4n) is 2.09. The number of nitrogens with zero attached hydrogens (tertiary/aromatic N) is 3. The minimum Gasteiger partial charge on any atom is -0.383 e. The Bertz CT molecular complexity index is 581. The van der Waals surface area contributed by atoms with Gasteiger partial charge in [0.15, 0.2) is 0 Å². The van der Waals surface area contributed by atoms with E-state index in [1.54, 1.807) is 31.6 Å². The summed E-state index contributed by atoms with van der Waals surface area (Å²) in [5.74, 6) is 0.839. The van der Waals surface area contributed by atoms with Crippen LogP contribution in [0.25, 0.3) is 0 Å². The minimum absolute atomic E-state index is 0.116. The minimum atomic E-state index is -0.116. The Morgan fingerprint density at radius 3 is 3.00 bits per heavy atom. The van der Waals surface area contributed by atoms with Crippen molar-refractivity contribution in [3.63, 3.8) is 0 Å². The van der Waals surface area contributed by atoms with E-state index in [-0.39, 0.29) is 5.91 Å². The maximum atomic E-state index is 11.9. The van der Waals surface area contributed by atoms with Crippen molar-refractivity contribution in [1.29, 1.82) is 0 Å². The summed E-state index contributed by atoms with van der Waals surface area (Å²) in [5, 5.41) is 2.88. The zero-order valence-corrected chi connectivity index (χ0v) is 12.4. The number of aromatic nitrogens is 3. The largest absolute Gasteiger partial charge is 0.383 e. The third kappa shape index (κ3) is 4.13. The quantitative estimate of drug-likeness (QED) is 0.831. The van der Waals surface area contributed by atoms with Crippen LogP contribution in [0.4, 0.5) is 0 Å². The zero-order valence-electron chi connectivity index (χ0n) is 12.4. The standard InChI is InChI=1S/C15H20N4O2/c1-12-10-18-14(19(12)8-9-21-2)5-7-17-15(20)13-4-3-6-16-11-13/h3-4,6,10-11H,5,7-9H2,1-2H3,(H,17,20). The summed E-state index contributed by atoms with van der Waals surface area (Å²) in [6, 6.07) is 3.49. The van der Waals surface area contributed by atoms with E-state index in [4.69, 9.17) is 4.74 Å². The van der Waals surface area contributed by atoms with Crippen LogP contribution in [0.2, 0.25) is 0 Å². The molecule has 0 bridgehead atoms. The van der Waals surface area contributed by atoms with Gasteiger partial charge in [-0.15, -0.1) is 0 Å². The second kappa shape index (κ2) is 7.54. The maximum Gasteiger partial charge on any atom is 0.252 e. The predicted octanol–water partition coefficient (Wildman–Crippen LogP) is 1.21. The third-order valence-corrected chi connectivity index (χ3v) is 3.21. The highest BCUT2D eigenvalue weighted by molar-refractivity contribution is 5.93. The molecule has 0 aliphatic heterocycles. The van der Waals surface area contributed by atoms with Crippen molar-refractivity contribution in [2.75, 3.05) is 20.3 Å². The molecule has 2 heterocycles. The maximum absolute atomic E-state index is 11.9. The molecule has 1 N–H and O–H groups in total. The molecule has 0 atom stereocenters. The number of ether oxygens (including phenoxy) is 1. The Hall–Kier alpha value is -2.21. The average Bonchev–Trinajstić information content (AvgIpc) is 2.86. The molecule has 2 rings (SSSR count). The number of pyridine rings is 1. The first kappa shape index (κ1) is 15.2. The molecule has 0 aliphatic carbocycles. The highest BCUT2D eigenvalue weighted by atomic mass is 16.5. The SMILES string of the molecule is COCCn1c(C)cnc1CCNC(=O)c1cccnc1. The first-order chi connectivity index (χ1) is 10.2. The molecule has 0 spiro atoms. The van der Waals surface area contributed by atoms with Crippen LogP contribution in [0.15, 0.2) is 30.7 Å². The molecule has 21 heavy (non-hydrogen) atoms. The van der Waals surface area contributed by atoms with Gasteiger partial charge < -0.3 is 14.6 Å². The topological polar surface area (TPSA) is 69.0 Å². The summed E-state index contributed by atoms with van der Waals surface area (Å²) < 4.78 is 7.21. The van der Waals surface area contributed by atoms with Crippen LogP contribution < -0.4 is 5.32 Å². The number of hydrogen-bond donors (Lipinski definition) is 1. The lowest BCUT2D eigenvalue weighted by Gasteiger charge is -2.10. The van der Waals surface area contributed by atoms with Crippen LogP contribution in [-0.4, -0.2) is 40.7 Å². The van der Waals surface area contributed by atoms with Gasteiger partial charge in [-0.2, -0.15) is 0 Å². The number of imidazole rings is 1. The van der Waals surface area contributed by atoms with Crippen molar-refractivity contribution < 1.29 is 9.53 Å². The van der Waals surface area contributed by atoms with Gasteiger partial charge in [-0.1, -0.05) is 0 Å². The molecule has 0 fully saturated rings. The van der Waals surface area contributed by atoms with Crippen molar-refractivity contribution in [1.82, 2.24) is 19.9 Å². The first-order valence-electron chi connectivity index (χ1n) is 6.90. The summed E-state index contributed by atoms with van der Waals surface area (Å²) in [6.45, 7) is 3.97. The molecular weight excluding hydrogens is 268 g/mol. The first-order valence-corrected chi connectivity index (χ1v) is 6.90. The van der Waals surface area contributed by atoms with Gasteiger partial charge in [0.25, 0.3) is 5.91 Å². The summed E-state index contributed by atoms with van der Waals surface area (Å²) in [7, 11) is 1.68. The van der Waals surface area contributed by atoms with Gasteiger partial charge in [-0.3, -0.25) is 9.78 Å². The number of rotatable bonds is 7. The fraction of sp³-hybridized carbons (Fsp3) is 0.400. The Morgan fingerprint density at radius 1 is 1.43 bits per heavy atom. The smallest absolute Gasteiger partial charge is 0.252 e. The molecule has 2 aromatic heterocycles. The lowest BCUT2D eigenvalue weighted by molar-refractivity contribution is 0.0953. The van der Waals surface area contributed by atoms with E-state index in [1.165, 1.54) is 0 Å². The number of nitrogens with one attached hydrogen (secondary N) is 1. The van der Waals surface area contributed by atoms with Gasteiger partial charge in [0.05, 0.1) is 12.2 Å². The third-order valence-electron chi connectivity index (χ3n) is 3.21. The van der Waals surface area contributed by atoms with Gasteiger partial charge in [-0.25, -0.2) is 4.98 Å². The van der Waals surface area contributed by atoms with Crippen molar-refractivity contribution >= 4 is 5.91 Å². The van der Waals surface area contributed by atoms with Gasteiger partial charge in [-0.05, 0) is 19.1 Å². The average molecular weight is 288 g/mol. The molecule has 112 valence electrons. The van der Waals surface area contributed by atoms with Gasteiger partial charge >= 0.3 is 0 Å². The summed E-state index contributed by atoms with van der Waals surface area (Å²) in [4.78, 5) is 20.2. The molecule has 0 radical (unpaired) electrons. The number of methoxy groups -OCH3 is 1. The van der Waals surface area contributed by atoms with Gasteiger partial charge in [0.1, 0.15) is 5.82 Å². The van der Waals surface area contributed by atoms with Crippen molar-refractivity contribution in [2.24, 2.45) is 0 Å². The van der Waals surface area contributed by atoms with Gasteiger partial charge in [0.2, 0.25) is 0 Å². The van der Waals surface area contributed by atoms with Crippen LogP contribution in [0.5, 0.6) is 0 Å². The van der Waals surface area contributed by atoms with E-state index in [2.05, 4.69) is 19.9 Å². The molecule has 0 aromatic carbocycles. The fourth-order valence-corrected chi connectivity index (χ4v) is 2.09. The van der Waals surface area contributed by atoms with E-state index in [1.807, 2.05) is 13.1 Å². The van der Waals surface area contributed by atoms with Crippen LogP contribution in [0.3, 0.4) is 0 Å². The van der Waals surface area contributed by atoms with Crippen LogP contribution in [0.1, 0.15) is 21.9 Å². The number of aryl methyl sites for hydroxylation is 1. The second-order valence-corrected chi connectivity index (χ2v) is 4.71. The number of amides is 1. The predicted molar refractivity (Wildman–Crippen MR) is 79.1 cm³/mol. The van der Waals surface area contributed by atoms with E-state index in [0.29, 0.717) is 25.1 Å². The molecule has 0 unspecified atom stereocenters. The Morgan fingerprint density at radius 2 is 2.29 bits per heavy atom. The van der Waals surface area contributed by atoms with Gasteiger partial charge in [0, 0.05) is 50.9 Å². The molecule has 1 amide bonds. The molecule has 0 saturated carbocycles. The Balaban J connectivity index is 1.87. The number of carbonyl (C=O) groups excluding carboxylic acids is 1. The summed E-state index contributed by atoms with van der Waals surface area (Å²) in [5.41, 5.74) is 1.66. The Kier molecular flexibility index (Phi) is 5.45. The molecule has 6 nitrogen and oxygen atoms in total. The molecule has 0 aliphatic rings. The van der Waals surface area contributed by atoms with E-state index >= 15 is 0 Å². The number of carbonyl (C=O) groups is 1. The summed E-state index contributed by atoms with van der Waals surface area (Å²) >= 11 is 0. The van der Waals surface area contributed by atoms with Crippen LogP contribution in [0, 0.1) is 6.92 Å². The zero-order chi connectivity index (χ0) is 15.1. The molecule has 6 heteroatoms. The normalized spacial score (nSPS) is 10.6. The summed E-state index contributed by atoms with van der Waals surface area (Å²) in [6.07, 6.45) is 5.72. The van der Waals surface area contributed by atoms with Crippen molar-refractivity contribution in [3.05, 3.63) is 47.8 Å².